The summed E-state index contributed by atoms with van der Waals surface area (Å²) in [7, 11) is -4.18. The van der Waals surface area contributed by atoms with Crippen LogP contribution in [0.15, 0.2) is 53.4 Å². The van der Waals surface area contributed by atoms with Crippen LogP contribution in [0, 0.1) is 11.7 Å². The highest BCUT2D eigenvalue weighted by Crippen LogP contribution is 2.31. The van der Waals surface area contributed by atoms with Crippen molar-refractivity contribution in [3.8, 4) is 11.5 Å². The molecule has 174 valence electrons. The monoisotopic (exact) mass is 476 g/mol. The van der Waals surface area contributed by atoms with Crippen molar-refractivity contribution in [2.75, 3.05) is 13.1 Å². The van der Waals surface area contributed by atoms with Gasteiger partial charge in [0, 0.05) is 31.5 Å². The fraction of sp³-hybridized carbons (Fsp3) is 0.350. The van der Waals surface area contributed by atoms with E-state index in [-0.39, 0.29) is 30.8 Å². The second-order valence-corrected chi connectivity index (χ2v) is 9.15. The number of hydrogen-bond donors (Lipinski definition) is 1. The van der Waals surface area contributed by atoms with E-state index in [9.17, 15) is 30.8 Å². The number of benzene rings is 2. The molecule has 0 saturated carbocycles. The predicted molar refractivity (Wildman–Crippen MR) is 105 cm³/mol. The highest BCUT2D eigenvalue weighted by atomic mass is 32.2. The lowest BCUT2D eigenvalue weighted by Gasteiger charge is -2.37. The summed E-state index contributed by atoms with van der Waals surface area (Å²) in [4.78, 5) is 11.2. The van der Waals surface area contributed by atoms with E-state index >= 15 is 0 Å². The van der Waals surface area contributed by atoms with Crippen LogP contribution in [0.3, 0.4) is 0 Å². The number of halogens is 4. The molecule has 2 aromatic carbocycles. The quantitative estimate of drug-likeness (QED) is 0.620. The van der Waals surface area contributed by atoms with E-state index in [2.05, 4.69) is 4.74 Å². The van der Waals surface area contributed by atoms with Crippen LogP contribution in [-0.4, -0.2) is 44.2 Å². The van der Waals surface area contributed by atoms with Gasteiger partial charge in [-0.1, -0.05) is 6.07 Å². The van der Waals surface area contributed by atoms with Gasteiger partial charge in [-0.2, -0.15) is 4.31 Å². The maximum atomic E-state index is 13.1. The van der Waals surface area contributed by atoms with E-state index in [0.29, 0.717) is 5.75 Å². The first-order valence-electron chi connectivity index (χ1n) is 9.50. The van der Waals surface area contributed by atoms with Crippen molar-refractivity contribution in [2.45, 2.75) is 30.2 Å². The molecule has 1 amide bonds. The second-order valence-electron chi connectivity index (χ2n) is 7.22. The number of alkyl halides is 3. The number of amides is 1. The predicted octanol–water partition coefficient (Wildman–Crippen LogP) is 3.06. The minimum Gasteiger partial charge on any atom is -0.490 e. The fourth-order valence-electron chi connectivity index (χ4n) is 3.47. The normalized spacial score (nSPS) is 20.0. The Labute approximate surface area is 181 Å². The molecule has 32 heavy (non-hydrogen) atoms. The first-order valence-corrected chi connectivity index (χ1v) is 10.9. The van der Waals surface area contributed by atoms with Gasteiger partial charge < -0.3 is 15.2 Å². The Morgan fingerprint density at radius 3 is 2.44 bits per heavy atom. The van der Waals surface area contributed by atoms with Gasteiger partial charge in [0.1, 0.15) is 23.4 Å². The van der Waals surface area contributed by atoms with Crippen molar-refractivity contribution in [1.29, 1.82) is 0 Å². The van der Waals surface area contributed by atoms with Crippen LogP contribution in [0.5, 0.6) is 11.5 Å². The number of piperidine rings is 1. The molecule has 1 saturated heterocycles. The Hall–Kier alpha value is -2.86. The summed E-state index contributed by atoms with van der Waals surface area (Å²) in [5, 5.41) is 0. The number of nitrogens with zero attached hydrogens (tertiary/aromatic N) is 1. The molecule has 0 radical (unpaired) electrons. The Morgan fingerprint density at radius 1 is 1.12 bits per heavy atom. The van der Waals surface area contributed by atoms with E-state index in [1.165, 1.54) is 24.3 Å². The van der Waals surface area contributed by atoms with E-state index in [1.807, 2.05) is 0 Å². The number of primary amides is 1. The van der Waals surface area contributed by atoms with Crippen LogP contribution in [0.2, 0.25) is 0 Å². The molecule has 1 heterocycles. The molecule has 0 spiro atoms. The molecule has 2 atom stereocenters. The largest absolute Gasteiger partial charge is 0.573 e. The van der Waals surface area contributed by atoms with Crippen LogP contribution in [0.25, 0.3) is 0 Å². The van der Waals surface area contributed by atoms with E-state index < -0.39 is 45.9 Å². The van der Waals surface area contributed by atoms with Crippen molar-refractivity contribution in [3.05, 3.63) is 54.3 Å². The molecule has 0 aromatic heterocycles. The van der Waals surface area contributed by atoms with Gasteiger partial charge in [0.25, 0.3) is 0 Å². The van der Waals surface area contributed by atoms with Crippen molar-refractivity contribution in [1.82, 2.24) is 4.31 Å². The lowest BCUT2D eigenvalue weighted by molar-refractivity contribution is -0.274. The molecule has 2 aromatic rings. The molecular weight excluding hydrogens is 456 g/mol. The molecule has 1 aliphatic rings. The first-order chi connectivity index (χ1) is 14.9. The average Bonchev–Trinajstić information content (AvgIpc) is 2.69. The molecule has 3 rings (SSSR count). The van der Waals surface area contributed by atoms with Gasteiger partial charge in [-0.05, 0) is 42.8 Å². The van der Waals surface area contributed by atoms with Gasteiger partial charge in [0.05, 0.1) is 4.90 Å². The molecule has 0 aliphatic carbocycles. The van der Waals surface area contributed by atoms with Crippen molar-refractivity contribution < 1.29 is 40.2 Å². The molecule has 7 nitrogen and oxygen atoms in total. The lowest BCUT2D eigenvalue weighted by Crippen LogP contribution is -2.48. The molecule has 2 N–H and O–H groups in total. The topological polar surface area (TPSA) is 98.9 Å². The smallest absolute Gasteiger partial charge is 0.490 e. The van der Waals surface area contributed by atoms with E-state index in [4.69, 9.17) is 10.5 Å². The summed E-state index contributed by atoms with van der Waals surface area (Å²) in [6.07, 6.45) is -5.52. The molecular formula is C20H20F4N2O5S. The lowest BCUT2D eigenvalue weighted by atomic mass is 9.92. The van der Waals surface area contributed by atoms with Crippen LogP contribution in [0.1, 0.15) is 12.8 Å². The van der Waals surface area contributed by atoms with Crippen LogP contribution in [0.4, 0.5) is 17.6 Å². The number of carbonyl (C=O) groups excluding carboxylic acids is 1. The summed E-state index contributed by atoms with van der Waals surface area (Å²) in [6, 6.07) is 9.29. The highest BCUT2D eigenvalue weighted by Gasteiger charge is 2.38. The summed E-state index contributed by atoms with van der Waals surface area (Å²) in [5.41, 5.74) is 5.31. The Bertz CT molecular complexity index is 1060. The average molecular weight is 476 g/mol. The zero-order valence-corrected chi connectivity index (χ0v) is 17.4. The van der Waals surface area contributed by atoms with Crippen LogP contribution >= 0.6 is 0 Å². The SMILES string of the molecule is NC(=O)C[C@H]1CN(S(=O)(=O)c2cccc(OC(F)(F)F)c2)CC[C@@H]1Oc1ccc(F)cc1. The molecule has 0 bridgehead atoms. The van der Waals surface area contributed by atoms with Gasteiger partial charge in [-0.25, -0.2) is 12.8 Å². The van der Waals surface area contributed by atoms with Crippen LogP contribution in [-0.2, 0) is 14.8 Å². The second kappa shape index (κ2) is 9.33. The summed E-state index contributed by atoms with van der Waals surface area (Å²) >= 11 is 0. The maximum absolute atomic E-state index is 13.1. The molecule has 0 unspecified atom stereocenters. The first kappa shape index (κ1) is 23.8. The number of ether oxygens (including phenoxy) is 2. The standard InChI is InChI=1S/C20H20F4N2O5S/c21-14-4-6-15(7-5-14)30-18-8-9-26(12-13(18)10-19(25)27)32(28,29)17-3-1-2-16(11-17)31-20(22,23)24/h1-7,11,13,18H,8-10,12H2,(H2,25,27)/t13-,18-/m0/s1. The Kier molecular flexibility index (Phi) is 6.94. The van der Waals surface area contributed by atoms with Gasteiger partial charge in [0.2, 0.25) is 15.9 Å². The number of rotatable bonds is 7. The summed E-state index contributed by atoms with van der Waals surface area (Å²) in [5.74, 6) is -2.05. The van der Waals surface area contributed by atoms with Gasteiger partial charge >= 0.3 is 6.36 Å². The van der Waals surface area contributed by atoms with Gasteiger partial charge in [-0.15, -0.1) is 13.2 Å². The van der Waals surface area contributed by atoms with Crippen molar-refractivity contribution in [3.63, 3.8) is 0 Å². The third-order valence-corrected chi connectivity index (χ3v) is 6.73. The zero-order chi connectivity index (χ0) is 23.5. The number of hydrogen-bond acceptors (Lipinski definition) is 5. The zero-order valence-electron chi connectivity index (χ0n) is 16.6. The third-order valence-electron chi connectivity index (χ3n) is 4.87. The van der Waals surface area contributed by atoms with Crippen molar-refractivity contribution in [2.24, 2.45) is 11.7 Å². The minimum absolute atomic E-state index is 0.00614. The van der Waals surface area contributed by atoms with E-state index in [1.54, 1.807) is 0 Å². The Morgan fingerprint density at radius 2 is 1.81 bits per heavy atom. The minimum atomic E-state index is -4.97. The van der Waals surface area contributed by atoms with Crippen LogP contribution < -0.4 is 15.2 Å². The third kappa shape index (κ3) is 6.10. The number of carbonyl (C=O) groups is 1. The molecule has 12 heteroatoms. The van der Waals surface area contributed by atoms with Gasteiger partial charge in [0.15, 0.2) is 0 Å². The Balaban J connectivity index is 1.79. The highest BCUT2D eigenvalue weighted by molar-refractivity contribution is 7.89. The molecule has 1 fully saturated rings. The van der Waals surface area contributed by atoms with E-state index in [0.717, 1.165) is 28.6 Å². The molecule has 1 aliphatic heterocycles. The van der Waals surface area contributed by atoms with Gasteiger partial charge in [-0.3, -0.25) is 4.79 Å². The fourth-order valence-corrected chi connectivity index (χ4v) is 5.02. The maximum Gasteiger partial charge on any atom is 0.573 e. The summed E-state index contributed by atoms with van der Waals surface area (Å²) < 4.78 is 87.3. The van der Waals surface area contributed by atoms with Crippen molar-refractivity contribution >= 4 is 15.9 Å². The number of sulfonamides is 1. The number of nitrogens with two attached hydrogens (primary N) is 1. The summed E-state index contributed by atoms with van der Waals surface area (Å²) in [6.45, 7) is -0.144.